The molecule has 16 heavy (non-hydrogen) atoms. The standard InChI is InChI=1S/C11H16N2O3/c1-2-8(14)3-6-13-11(16)9-7-12-5-4-10(9)15/h4-5,7-8,14H,2-3,6H2,1H3,(H,12,15)(H,13,16). The third-order valence-electron chi connectivity index (χ3n) is 2.30. The van der Waals surface area contributed by atoms with Gasteiger partial charge in [0, 0.05) is 25.0 Å². The number of amides is 1. The van der Waals surface area contributed by atoms with E-state index >= 15 is 0 Å². The highest BCUT2D eigenvalue weighted by Crippen LogP contribution is 1.95. The van der Waals surface area contributed by atoms with Crippen molar-refractivity contribution < 1.29 is 9.90 Å². The zero-order valence-corrected chi connectivity index (χ0v) is 9.19. The van der Waals surface area contributed by atoms with Crippen molar-refractivity contribution in [3.8, 4) is 0 Å². The van der Waals surface area contributed by atoms with E-state index in [0.29, 0.717) is 19.4 Å². The van der Waals surface area contributed by atoms with E-state index in [-0.39, 0.29) is 11.0 Å². The number of rotatable bonds is 5. The number of nitrogens with one attached hydrogen (secondary N) is 2. The lowest BCUT2D eigenvalue weighted by atomic mass is 10.2. The number of aromatic amines is 1. The van der Waals surface area contributed by atoms with Crippen molar-refractivity contribution in [2.45, 2.75) is 25.9 Å². The third kappa shape index (κ3) is 3.51. The zero-order valence-electron chi connectivity index (χ0n) is 9.19. The number of H-pyrrole nitrogens is 1. The Morgan fingerprint density at radius 2 is 2.38 bits per heavy atom. The Kier molecular flexibility index (Phi) is 4.72. The van der Waals surface area contributed by atoms with E-state index in [1.54, 1.807) is 0 Å². The van der Waals surface area contributed by atoms with Gasteiger partial charge in [-0.3, -0.25) is 9.59 Å². The van der Waals surface area contributed by atoms with Crippen LogP contribution in [0.2, 0.25) is 0 Å². The molecule has 1 atom stereocenters. The first-order valence-electron chi connectivity index (χ1n) is 5.28. The molecule has 0 spiro atoms. The normalized spacial score (nSPS) is 12.1. The van der Waals surface area contributed by atoms with Gasteiger partial charge in [0.05, 0.1) is 6.10 Å². The number of hydrogen-bond acceptors (Lipinski definition) is 3. The summed E-state index contributed by atoms with van der Waals surface area (Å²) in [4.78, 5) is 25.5. The lowest BCUT2D eigenvalue weighted by molar-refractivity contribution is 0.0940. The summed E-state index contributed by atoms with van der Waals surface area (Å²) in [6.07, 6.45) is 3.58. The molecule has 0 fully saturated rings. The van der Waals surface area contributed by atoms with Gasteiger partial charge in [-0.15, -0.1) is 0 Å². The van der Waals surface area contributed by atoms with Crippen LogP contribution in [-0.2, 0) is 0 Å². The van der Waals surface area contributed by atoms with Crippen LogP contribution in [0.3, 0.4) is 0 Å². The molecule has 1 amide bonds. The lowest BCUT2D eigenvalue weighted by Gasteiger charge is -2.08. The van der Waals surface area contributed by atoms with Crippen molar-refractivity contribution >= 4 is 5.91 Å². The fourth-order valence-electron chi connectivity index (χ4n) is 1.25. The van der Waals surface area contributed by atoms with Gasteiger partial charge in [-0.05, 0) is 12.8 Å². The molecule has 0 aromatic carbocycles. The van der Waals surface area contributed by atoms with Gasteiger partial charge in [-0.2, -0.15) is 0 Å². The van der Waals surface area contributed by atoms with Gasteiger partial charge < -0.3 is 15.4 Å². The summed E-state index contributed by atoms with van der Waals surface area (Å²) in [6.45, 7) is 2.23. The quantitative estimate of drug-likeness (QED) is 0.671. The van der Waals surface area contributed by atoms with E-state index in [1.165, 1.54) is 18.5 Å². The van der Waals surface area contributed by atoms with Gasteiger partial charge in [0.15, 0.2) is 5.43 Å². The Labute approximate surface area is 93.5 Å². The van der Waals surface area contributed by atoms with E-state index < -0.39 is 12.0 Å². The number of aromatic nitrogens is 1. The summed E-state index contributed by atoms with van der Waals surface area (Å²) >= 11 is 0. The highest BCUT2D eigenvalue weighted by atomic mass is 16.3. The van der Waals surface area contributed by atoms with Crippen LogP contribution in [0.1, 0.15) is 30.1 Å². The van der Waals surface area contributed by atoms with E-state index in [2.05, 4.69) is 10.3 Å². The van der Waals surface area contributed by atoms with Crippen LogP contribution in [0.4, 0.5) is 0 Å². The summed E-state index contributed by atoms with van der Waals surface area (Å²) in [5.41, 5.74) is -0.222. The zero-order chi connectivity index (χ0) is 12.0. The molecule has 1 unspecified atom stereocenters. The molecule has 88 valence electrons. The first kappa shape index (κ1) is 12.4. The molecule has 0 saturated carbocycles. The lowest BCUT2D eigenvalue weighted by Crippen LogP contribution is -2.30. The summed E-state index contributed by atoms with van der Waals surface area (Å²) in [6, 6.07) is 1.30. The molecule has 1 rings (SSSR count). The average molecular weight is 224 g/mol. The molecule has 0 saturated heterocycles. The van der Waals surface area contributed by atoms with E-state index in [9.17, 15) is 14.7 Å². The second kappa shape index (κ2) is 6.07. The summed E-state index contributed by atoms with van der Waals surface area (Å²) in [5, 5.41) is 11.9. The number of aliphatic hydroxyl groups excluding tert-OH is 1. The summed E-state index contributed by atoms with van der Waals surface area (Å²) in [7, 11) is 0. The van der Waals surface area contributed by atoms with Crippen molar-refractivity contribution in [3.63, 3.8) is 0 Å². The monoisotopic (exact) mass is 224 g/mol. The average Bonchev–Trinajstić information content (AvgIpc) is 2.29. The summed E-state index contributed by atoms with van der Waals surface area (Å²) in [5.74, 6) is -0.412. The van der Waals surface area contributed by atoms with Crippen molar-refractivity contribution in [2.75, 3.05) is 6.54 Å². The fraction of sp³-hybridized carbons (Fsp3) is 0.455. The van der Waals surface area contributed by atoms with Crippen LogP contribution >= 0.6 is 0 Å². The van der Waals surface area contributed by atoms with Crippen molar-refractivity contribution in [1.82, 2.24) is 10.3 Å². The topological polar surface area (TPSA) is 82.2 Å². The maximum atomic E-state index is 11.5. The highest BCUT2D eigenvalue weighted by Gasteiger charge is 2.09. The number of carbonyl (C=O) groups is 1. The Morgan fingerprint density at radius 3 is 3.00 bits per heavy atom. The van der Waals surface area contributed by atoms with Crippen LogP contribution in [0.15, 0.2) is 23.3 Å². The SMILES string of the molecule is CCC(O)CCNC(=O)c1c[nH]ccc1=O. The molecule has 1 aromatic heterocycles. The van der Waals surface area contributed by atoms with Crippen molar-refractivity contribution in [2.24, 2.45) is 0 Å². The molecular weight excluding hydrogens is 208 g/mol. The first-order chi connectivity index (χ1) is 7.65. The largest absolute Gasteiger partial charge is 0.393 e. The Balaban J connectivity index is 2.48. The molecule has 5 heteroatoms. The molecule has 1 aromatic rings. The van der Waals surface area contributed by atoms with Crippen LogP contribution in [0, 0.1) is 0 Å². The Bertz CT molecular complexity index is 400. The Hall–Kier alpha value is -1.62. The van der Waals surface area contributed by atoms with Crippen LogP contribution in [-0.4, -0.2) is 28.6 Å². The molecular formula is C11H16N2O3. The maximum absolute atomic E-state index is 11.5. The van der Waals surface area contributed by atoms with Gasteiger partial charge in [0.25, 0.3) is 5.91 Å². The fourth-order valence-corrected chi connectivity index (χ4v) is 1.25. The highest BCUT2D eigenvalue weighted by molar-refractivity contribution is 5.93. The number of aliphatic hydroxyl groups is 1. The second-order valence-corrected chi connectivity index (χ2v) is 3.53. The van der Waals surface area contributed by atoms with E-state index in [0.717, 1.165) is 0 Å². The third-order valence-corrected chi connectivity index (χ3v) is 2.30. The predicted molar refractivity (Wildman–Crippen MR) is 60.3 cm³/mol. The van der Waals surface area contributed by atoms with Crippen molar-refractivity contribution in [1.29, 1.82) is 0 Å². The van der Waals surface area contributed by atoms with Gasteiger partial charge in [0.2, 0.25) is 0 Å². The van der Waals surface area contributed by atoms with E-state index in [1.807, 2.05) is 6.92 Å². The predicted octanol–water partition coefficient (Wildman–Crippen LogP) is 0.266. The minimum atomic E-state index is -0.412. The molecule has 0 bridgehead atoms. The minimum Gasteiger partial charge on any atom is -0.393 e. The molecule has 0 aliphatic carbocycles. The number of pyridine rings is 1. The molecule has 3 N–H and O–H groups in total. The number of carbonyl (C=O) groups excluding carboxylic acids is 1. The van der Waals surface area contributed by atoms with Gasteiger partial charge >= 0.3 is 0 Å². The number of hydrogen-bond donors (Lipinski definition) is 3. The van der Waals surface area contributed by atoms with Crippen molar-refractivity contribution in [3.05, 3.63) is 34.2 Å². The van der Waals surface area contributed by atoms with Crippen LogP contribution < -0.4 is 10.7 Å². The molecule has 1 heterocycles. The van der Waals surface area contributed by atoms with Gasteiger partial charge in [-0.1, -0.05) is 6.92 Å². The molecule has 5 nitrogen and oxygen atoms in total. The van der Waals surface area contributed by atoms with E-state index in [4.69, 9.17) is 0 Å². The molecule has 0 aliphatic heterocycles. The minimum absolute atomic E-state index is 0.0912. The van der Waals surface area contributed by atoms with Crippen LogP contribution in [0.5, 0.6) is 0 Å². The molecule has 0 aliphatic rings. The maximum Gasteiger partial charge on any atom is 0.256 e. The second-order valence-electron chi connectivity index (χ2n) is 3.53. The van der Waals surface area contributed by atoms with Crippen LogP contribution in [0.25, 0.3) is 0 Å². The Morgan fingerprint density at radius 1 is 1.62 bits per heavy atom. The van der Waals surface area contributed by atoms with Gasteiger partial charge in [0.1, 0.15) is 5.56 Å². The smallest absolute Gasteiger partial charge is 0.256 e. The first-order valence-corrected chi connectivity index (χ1v) is 5.28. The van der Waals surface area contributed by atoms with Gasteiger partial charge in [-0.25, -0.2) is 0 Å². The molecule has 0 radical (unpaired) electrons. The summed E-state index contributed by atoms with van der Waals surface area (Å²) < 4.78 is 0.